The predicted octanol–water partition coefficient (Wildman–Crippen LogP) is 3.33. The lowest BCUT2D eigenvalue weighted by Crippen LogP contribution is -2.40. The number of rotatable bonds is 8. The molecule has 2 aromatic rings. The Morgan fingerprint density at radius 2 is 2.03 bits per heavy atom. The Morgan fingerprint density at radius 1 is 1.26 bits per heavy atom. The van der Waals surface area contributed by atoms with E-state index in [0.717, 1.165) is 16.7 Å². The summed E-state index contributed by atoms with van der Waals surface area (Å²) in [6.45, 7) is 2.53. The predicted molar refractivity (Wildman–Crippen MR) is 113 cm³/mol. The quantitative estimate of drug-likeness (QED) is 0.632. The van der Waals surface area contributed by atoms with Crippen LogP contribution in [-0.4, -0.2) is 43.9 Å². The van der Waals surface area contributed by atoms with E-state index < -0.39 is 18.0 Å². The maximum atomic E-state index is 15.0. The highest BCUT2D eigenvalue weighted by molar-refractivity contribution is 5.94. The number of nitrogens with one attached hydrogen (secondary N) is 2. The number of anilines is 1. The lowest BCUT2D eigenvalue weighted by Gasteiger charge is -2.16. The Morgan fingerprint density at radius 3 is 2.74 bits per heavy atom. The molecule has 2 amide bonds. The van der Waals surface area contributed by atoms with Crippen LogP contribution in [0.5, 0.6) is 0 Å². The minimum atomic E-state index is -0.518. The number of ether oxygens (including phenoxy) is 1. The second kappa shape index (κ2) is 9.01. The summed E-state index contributed by atoms with van der Waals surface area (Å²) in [5, 5.41) is 5.85. The summed E-state index contributed by atoms with van der Waals surface area (Å²) < 4.78 is 32.5. The van der Waals surface area contributed by atoms with Crippen LogP contribution in [0, 0.1) is 5.82 Å². The Bertz CT molecular complexity index is 981. The van der Waals surface area contributed by atoms with Gasteiger partial charge in [0, 0.05) is 19.0 Å². The molecule has 8 heteroatoms. The molecule has 0 aromatic heterocycles. The average Bonchev–Trinajstić information content (AvgIpc) is 3.26. The number of benzene rings is 2. The van der Waals surface area contributed by atoms with Gasteiger partial charge in [0.05, 0.1) is 24.9 Å². The molecule has 1 saturated heterocycles. The molecule has 4 rings (SSSR count). The lowest BCUT2D eigenvalue weighted by molar-refractivity contribution is -0.119. The number of halogens is 2. The SMILES string of the molecule is CC(=O)NC[C@@H]1OC(=O)N2c3cc(F)c(-c4ccc(CNCCCF)cc4)cc3C[C@@H]12. The zero-order valence-electron chi connectivity index (χ0n) is 17.3. The van der Waals surface area contributed by atoms with E-state index in [1.165, 1.54) is 17.9 Å². The minimum absolute atomic E-state index is 0.195. The number of cyclic esters (lactones) is 1. The number of hydrogen-bond donors (Lipinski definition) is 2. The van der Waals surface area contributed by atoms with Gasteiger partial charge in [-0.1, -0.05) is 24.3 Å². The van der Waals surface area contributed by atoms with Crippen LogP contribution in [0.2, 0.25) is 0 Å². The summed E-state index contributed by atoms with van der Waals surface area (Å²) in [4.78, 5) is 25.0. The Balaban J connectivity index is 1.51. The zero-order valence-corrected chi connectivity index (χ0v) is 17.3. The Labute approximate surface area is 179 Å². The summed E-state index contributed by atoms with van der Waals surface area (Å²) in [6, 6.07) is 10.5. The number of carbonyl (C=O) groups excluding carboxylic acids is 2. The minimum Gasteiger partial charge on any atom is -0.442 e. The highest BCUT2D eigenvalue weighted by Crippen LogP contribution is 2.41. The van der Waals surface area contributed by atoms with E-state index in [4.69, 9.17) is 4.74 Å². The summed E-state index contributed by atoms with van der Waals surface area (Å²) >= 11 is 0. The monoisotopic (exact) mass is 429 g/mol. The first-order valence-corrected chi connectivity index (χ1v) is 10.4. The van der Waals surface area contributed by atoms with E-state index in [1.54, 1.807) is 6.07 Å². The van der Waals surface area contributed by atoms with Crippen molar-refractivity contribution >= 4 is 17.7 Å². The third-order valence-corrected chi connectivity index (χ3v) is 5.70. The van der Waals surface area contributed by atoms with Gasteiger partial charge in [-0.25, -0.2) is 9.18 Å². The number of hydrogen-bond acceptors (Lipinski definition) is 4. The fraction of sp³-hybridized carbons (Fsp3) is 0.391. The molecular weight excluding hydrogens is 404 g/mol. The third kappa shape index (κ3) is 4.39. The van der Waals surface area contributed by atoms with Gasteiger partial charge in [0.2, 0.25) is 5.91 Å². The van der Waals surface area contributed by atoms with Gasteiger partial charge in [-0.15, -0.1) is 0 Å². The van der Waals surface area contributed by atoms with Crippen LogP contribution < -0.4 is 15.5 Å². The summed E-state index contributed by atoms with van der Waals surface area (Å²) in [7, 11) is 0. The van der Waals surface area contributed by atoms with Gasteiger partial charge >= 0.3 is 6.09 Å². The number of alkyl halides is 1. The summed E-state index contributed by atoms with van der Waals surface area (Å²) in [5.41, 5.74) is 3.66. The van der Waals surface area contributed by atoms with Crippen LogP contribution >= 0.6 is 0 Å². The maximum Gasteiger partial charge on any atom is 0.415 e. The molecule has 2 N–H and O–H groups in total. The topological polar surface area (TPSA) is 70.7 Å². The van der Waals surface area contributed by atoms with Crippen molar-refractivity contribution in [3.63, 3.8) is 0 Å². The van der Waals surface area contributed by atoms with Gasteiger partial charge in [-0.3, -0.25) is 14.1 Å². The highest BCUT2D eigenvalue weighted by atomic mass is 19.1. The molecule has 0 unspecified atom stereocenters. The highest BCUT2D eigenvalue weighted by Gasteiger charge is 2.47. The lowest BCUT2D eigenvalue weighted by atomic mass is 9.98. The van der Waals surface area contributed by atoms with Crippen LogP contribution in [0.3, 0.4) is 0 Å². The van der Waals surface area contributed by atoms with Gasteiger partial charge in [-0.05, 0) is 48.2 Å². The van der Waals surface area contributed by atoms with Crippen LogP contribution in [0.15, 0.2) is 36.4 Å². The van der Waals surface area contributed by atoms with Gasteiger partial charge in [0.25, 0.3) is 0 Å². The van der Waals surface area contributed by atoms with Crippen molar-refractivity contribution in [1.29, 1.82) is 0 Å². The molecule has 31 heavy (non-hydrogen) atoms. The van der Waals surface area contributed by atoms with Crippen molar-refractivity contribution in [1.82, 2.24) is 10.6 Å². The summed E-state index contributed by atoms with van der Waals surface area (Å²) in [5.74, 6) is -0.606. The number of fused-ring (bicyclic) bond motifs is 3. The van der Waals surface area contributed by atoms with Crippen molar-refractivity contribution in [2.24, 2.45) is 0 Å². The molecule has 0 bridgehead atoms. The van der Waals surface area contributed by atoms with Crippen LogP contribution in [0.4, 0.5) is 19.3 Å². The van der Waals surface area contributed by atoms with Crippen LogP contribution in [-0.2, 0) is 22.5 Å². The van der Waals surface area contributed by atoms with Gasteiger partial charge in [0.1, 0.15) is 11.9 Å². The second-order valence-corrected chi connectivity index (χ2v) is 7.88. The van der Waals surface area contributed by atoms with Crippen molar-refractivity contribution in [3.8, 4) is 11.1 Å². The number of nitrogens with zero attached hydrogens (tertiary/aromatic N) is 1. The standard InChI is InChI=1S/C23H25F2N3O3/c1-14(29)27-13-22-21-10-17-9-18(19(25)11-20(17)28(21)23(30)31-22)16-5-3-15(4-6-16)12-26-8-2-7-24/h3-6,9,11,21-22,26H,2,7-8,10,12-13H2,1H3,(H,27,29)/t21-,22-/m0/s1. The van der Waals surface area contributed by atoms with Crippen molar-refractivity contribution in [3.05, 3.63) is 53.3 Å². The zero-order chi connectivity index (χ0) is 22.0. The van der Waals surface area contributed by atoms with Gasteiger partial charge < -0.3 is 15.4 Å². The summed E-state index contributed by atoms with van der Waals surface area (Å²) in [6.07, 6.45) is 0.0283. The second-order valence-electron chi connectivity index (χ2n) is 7.88. The van der Waals surface area contributed by atoms with E-state index in [9.17, 15) is 18.4 Å². The Kier molecular flexibility index (Phi) is 6.18. The fourth-order valence-corrected chi connectivity index (χ4v) is 4.16. The van der Waals surface area contributed by atoms with E-state index in [1.807, 2.05) is 24.3 Å². The molecule has 6 nitrogen and oxygen atoms in total. The molecule has 0 radical (unpaired) electrons. The molecule has 1 fully saturated rings. The fourth-order valence-electron chi connectivity index (χ4n) is 4.16. The first-order valence-electron chi connectivity index (χ1n) is 10.4. The van der Waals surface area contributed by atoms with Crippen molar-refractivity contribution < 1.29 is 23.1 Å². The molecule has 2 aliphatic heterocycles. The van der Waals surface area contributed by atoms with Crippen molar-refractivity contribution in [2.45, 2.75) is 38.5 Å². The molecule has 0 spiro atoms. The smallest absolute Gasteiger partial charge is 0.415 e. The Hall–Kier alpha value is -3.00. The van der Waals surface area contributed by atoms with Gasteiger partial charge in [-0.2, -0.15) is 0 Å². The third-order valence-electron chi connectivity index (χ3n) is 5.70. The number of amides is 2. The maximum absolute atomic E-state index is 15.0. The molecule has 2 heterocycles. The normalized spacial score (nSPS) is 19.2. The van der Waals surface area contributed by atoms with E-state index in [0.29, 0.717) is 37.2 Å². The molecule has 2 atom stereocenters. The molecule has 0 saturated carbocycles. The molecule has 0 aliphatic carbocycles. The first kappa shape index (κ1) is 21.2. The average molecular weight is 429 g/mol. The molecule has 2 aromatic carbocycles. The molecule has 2 aliphatic rings. The first-order chi connectivity index (χ1) is 15.0. The van der Waals surface area contributed by atoms with Crippen molar-refractivity contribution in [2.75, 3.05) is 24.7 Å². The van der Waals surface area contributed by atoms with E-state index in [2.05, 4.69) is 10.6 Å². The molecule has 164 valence electrons. The van der Waals surface area contributed by atoms with E-state index >= 15 is 0 Å². The van der Waals surface area contributed by atoms with E-state index in [-0.39, 0.29) is 25.2 Å². The number of carbonyl (C=O) groups is 2. The largest absolute Gasteiger partial charge is 0.442 e. The molecular formula is C23H25F2N3O3. The van der Waals surface area contributed by atoms with Crippen LogP contribution in [0.25, 0.3) is 11.1 Å². The van der Waals surface area contributed by atoms with Crippen LogP contribution in [0.1, 0.15) is 24.5 Å². The van der Waals surface area contributed by atoms with Gasteiger partial charge in [0.15, 0.2) is 0 Å².